The average molecular weight is 271 g/mol. The predicted octanol–water partition coefficient (Wildman–Crippen LogP) is -2.70. The van der Waals surface area contributed by atoms with E-state index in [1.165, 1.54) is 0 Å². The van der Waals surface area contributed by atoms with Crippen LogP contribution in [0.5, 0.6) is 0 Å². The third-order valence-electron chi connectivity index (χ3n) is 2.79. The highest BCUT2D eigenvalue weighted by atomic mass is 16.5. The van der Waals surface area contributed by atoms with Gasteiger partial charge in [-0.15, -0.1) is 0 Å². The molecule has 0 radical (unpaired) electrons. The van der Waals surface area contributed by atoms with Gasteiger partial charge in [0.15, 0.2) is 0 Å². The molecule has 0 aromatic carbocycles. The Morgan fingerprint density at radius 1 is 1.68 bits per heavy atom. The van der Waals surface area contributed by atoms with Gasteiger partial charge >= 0.3 is 6.03 Å². The highest BCUT2D eigenvalue weighted by molar-refractivity contribution is 6.47. The van der Waals surface area contributed by atoms with E-state index < -0.39 is 42.9 Å². The molecule has 3 amide bonds. The summed E-state index contributed by atoms with van der Waals surface area (Å²) in [4.78, 5) is 27.3. The van der Waals surface area contributed by atoms with Gasteiger partial charge in [-0.3, -0.25) is 15.5 Å². The van der Waals surface area contributed by atoms with Crippen LogP contribution in [0.3, 0.4) is 0 Å². The van der Waals surface area contributed by atoms with Crippen LogP contribution in [-0.4, -0.2) is 63.9 Å². The second-order valence-electron chi connectivity index (χ2n) is 4.06. The molecule has 0 aromatic heterocycles. The molecule has 2 aliphatic heterocycles. The average Bonchev–Trinajstić information content (AvgIpc) is 2.83. The number of aliphatic hydroxyl groups is 2. The number of ether oxygens (including phenoxy) is 1. The number of nitrogens with two attached hydrogens (primary N) is 1. The summed E-state index contributed by atoms with van der Waals surface area (Å²) in [6.45, 7) is -0.432. The fourth-order valence-electron chi connectivity index (χ4n) is 1.93. The van der Waals surface area contributed by atoms with E-state index >= 15 is 0 Å². The number of nitrogens with one attached hydrogen (secondary N) is 2. The molecule has 6 N–H and O–H groups in total. The van der Waals surface area contributed by atoms with E-state index in [9.17, 15) is 14.7 Å². The maximum atomic E-state index is 11.5. The Morgan fingerprint density at radius 2 is 2.37 bits per heavy atom. The number of aliphatic hydroxyl groups excluding tert-OH is 2. The third-order valence-corrected chi connectivity index (χ3v) is 2.79. The van der Waals surface area contributed by atoms with Crippen LogP contribution < -0.4 is 11.1 Å². The van der Waals surface area contributed by atoms with E-state index in [2.05, 4.69) is 10.3 Å². The number of amidine groups is 1. The van der Waals surface area contributed by atoms with Crippen molar-refractivity contribution in [2.24, 2.45) is 10.7 Å². The molecule has 0 bridgehead atoms. The Kier molecular flexibility index (Phi) is 3.46. The van der Waals surface area contributed by atoms with Crippen molar-refractivity contribution in [3.63, 3.8) is 0 Å². The zero-order chi connectivity index (χ0) is 14.2. The second-order valence-corrected chi connectivity index (χ2v) is 4.06. The van der Waals surface area contributed by atoms with Crippen molar-refractivity contribution < 1.29 is 24.5 Å². The van der Waals surface area contributed by atoms with Crippen molar-refractivity contribution >= 4 is 23.7 Å². The second kappa shape index (κ2) is 4.91. The standard InChI is InChI=1S/C9H13N5O5/c10-8-12-6(7(17)13-8)14(9(11)18)5-1-3(16)4(2-15)19-5/h3-5,15-16H,1-2H2,(H2,11,18)(H2,10,13,17)/t3-,4+,5+/m0/s1. The molecule has 0 aromatic rings. The highest BCUT2D eigenvalue weighted by Crippen LogP contribution is 2.24. The maximum Gasteiger partial charge on any atom is 0.322 e. The maximum absolute atomic E-state index is 11.5. The van der Waals surface area contributed by atoms with Crippen LogP contribution in [0.15, 0.2) is 4.99 Å². The summed E-state index contributed by atoms with van der Waals surface area (Å²) in [6, 6.07) is -1.00. The van der Waals surface area contributed by atoms with Gasteiger partial charge in [0.2, 0.25) is 11.8 Å². The zero-order valence-electron chi connectivity index (χ0n) is 9.74. The molecule has 19 heavy (non-hydrogen) atoms. The van der Waals surface area contributed by atoms with Crippen LogP contribution in [0.25, 0.3) is 0 Å². The van der Waals surface area contributed by atoms with Crippen molar-refractivity contribution in [1.82, 2.24) is 10.2 Å². The number of nitrogens with zero attached hydrogens (tertiary/aromatic N) is 2. The topological polar surface area (TPSA) is 161 Å². The summed E-state index contributed by atoms with van der Waals surface area (Å²) in [6.07, 6.45) is -2.88. The number of amides is 3. The lowest BCUT2D eigenvalue weighted by Crippen LogP contribution is -2.51. The largest absolute Gasteiger partial charge is 0.394 e. The van der Waals surface area contributed by atoms with Crippen molar-refractivity contribution in [3.8, 4) is 0 Å². The summed E-state index contributed by atoms with van der Waals surface area (Å²) in [5.74, 6) is -1.54. The van der Waals surface area contributed by atoms with Gasteiger partial charge in [0.1, 0.15) is 12.3 Å². The van der Waals surface area contributed by atoms with Crippen LogP contribution >= 0.6 is 0 Å². The van der Waals surface area contributed by atoms with Gasteiger partial charge in [-0.1, -0.05) is 0 Å². The van der Waals surface area contributed by atoms with E-state index in [0.717, 1.165) is 4.90 Å². The van der Waals surface area contributed by atoms with Gasteiger partial charge in [0.25, 0.3) is 5.91 Å². The van der Waals surface area contributed by atoms with Crippen LogP contribution in [0.1, 0.15) is 6.42 Å². The van der Waals surface area contributed by atoms with Gasteiger partial charge < -0.3 is 20.7 Å². The molecule has 2 heterocycles. The lowest BCUT2D eigenvalue weighted by Gasteiger charge is -2.24. The lowest BCUT2D eigenvalue weighted by molar-refractivity contribution is -0.114. The van der Waals surface area contributed by atoms with Crippen LogP contribution in [0.2, 0.25) is 0 Å². The Bertz CT molecular complexity index is 464. The number of hydrogen-bond acceptors (Lipinski definition) is 6. The molecule has 0 unspecified atom stereocenters. The van der Waals surface area contributed by atoms with Crippen molar-refractivity contribution in [2.45, 2.75) is 24.9 Å². The minimum atomic E-state index is -1.01. The van der Waals surface area contributed by atoms with Gasteiger partial charge in [0, 0.05) is 6.42 Å². The van der Waals surface area contributed by atoms with Gasteiger partial charge in [-0.2, -0.15) is 4.99 Å². The predicted molar refractivity (Wildman–Crippen MR) is 61.1 cm³/mol. The molecule has 10 nitrogen and oxygen atoms in total. The minimum Gasteiger partial charge on any atom is -0.394 e. The van der Waals surface area contributed by atoms with E-state index in [4.69, 9.17) is 21.0 Å². The van der Waals surface area contributed by atoms with Crippen molar-refractivity contribution in [2.75, 3.05) is 6.61 Å². The summed E-state index contributed by atoms with van der Waals surface area (Å²) in [7, 11) is 0. The molecule has 3 atom stereocenters. The molecule has 1 saturated heterocycles. The van der Waals surface area contributed by atoms with Gasteiger partial charge in [0.05, 0.1) is 12.7 Å². The first-order valence-electron chi connectivity index (χ1n) is 5.45. The van der Waals surface area contributed by atoms with Crippen LogP contribution in [0, 0.1) is 5.41 Å². The number of aliphatic imine (C=N–C) groups is 1. The molecule has 104 valence electrons. The molecule has 0 aliphatic carbocycles. The number of primary amides is 1. The fourth-order valence-corrected chi connectivity index (χ4v) is 1.93. The lowest BCUT2D eigenvalue weighted by atomic mass is 10.2. The van der Waals surface area contributed by atoms with Crippen molar-refractivity contribution in [3.05, 3.63) is 0 Å². The summed E-state index contributed by atoms with van der Waals surface area (Å²) in [5, 5.41) is 27.9. The van der Waals surface area contributed by atoms with E-state index in [0.29, 0.717) is 0 Å². The zero-order valence-corrected chi connectivity index (χ0v) is 9.74. The summed E-state index contributed by atoms with van der Waals surface area (Å²) >= 11 is 0. The molecule has 2 aliphatic rings. The normalized spacial score (nSPS) is 30.2. The number of hydrogen-bond donors (Lipinski definition) is 5. The minimum absolute atomic E-state index is 0.0200. The van der Waals surface area contributed by atoms with Crippen molar-refractivity contribution in [1.29, 1.82) is 5.41 Å². The monoisotopic (exact) mass is 271 g/mol. The number of carbonyl (C=O) groups excluding carboxylic acids is 2. The Labute approximate surface area is 107 Å². The van der Waals surface area contributed by atoms with Crippen LogP contribution in [0.4, 0.5) is 4.79 Å². The smallest absolute Gasteiger partial charge is 0.322 e. The summed E-state index contributed by atoms with van der Waals surface area (Å²) < 4.78 is 5.24. The van der Waals surface area contributed by atoms with E-state index in [-0.39, 0.29) is 12.3 Å². The van der Waals surface area contributed by atoms with E-state index in [1.807, 2.05) is 0 Å². The summed E-state index contributed by atoms with van der Waals surface area (Å²) in [5.41, 5.74) is 5.17. The Morgan fingerprint density at radius 3 is 2.79 bits per heavy atom. The quantitative estimate of drug-likeness (QED) is 0.368. The molecule has 2 rings (SSSR count). The molecule has 0 saturated carbocycles. The Hall–Kier alpha value is -2.04. The first-order chi connectivity index (χ1) is 8.93. The molecular formula is C9H13N5O5. The van der Waals surface area contributed by atoms with E-state index in [1.54, 1.807) is 0 Å². The first-order valence-corrected chi connectivity index (χ1v) is 5.45. The van der Waals surface area contributed by atoms with Gasteiger partial charge in [-0.05, 0) is 0 Å². The number of rotatable bonds is 2. The van der Waals surface area contributed by atoms with Crippen LogP contribution in [-0.2, 0) is 9.53 Å². The number of urea groups is 1. The first kappa shape index (κ1) is 13.4. The molecule has 0 spiro atoms. The highest BCUT2D eigenvalue weighted by Gasteiger charge is 2.42. The third kappa shape index (κ3) is 2.41. The Balaban J connectivity index is 2.23. The molecular weight excluding hydrogens is 258 g/mol. The SMILES string of the molecule is N=C1N=C(N(C(N)=O)[C@H]2C[C@H](O)[C@@H](CO)O2)C(=O)N1. The molecule has 10 heteroatoms. The fraction of sp³-hybridized carbons (Fsp3) is 0.556. The number of carbonyl (C=O) groups is 2. The number of guanidine groups is 1. The van der Waals surface area contributed by atoms with Gasteiger partial charge in [-0.25, -0.2) is 9.69 Å². The molecule has 1 fully saturated rings.